The summed E-state index contributed by atoms with van der Waals surface area (Å²) in [7, 11) is 0. The molecule has 220 valence electrons. The first-order valence-corrected chi connectivity index (χ1v) is 14.0. The summed E-state index contributed by atoms with van der Waals surface area (Å²) in [6, 6.07) is 13.9. The van der Waals surface area contributed by atoms with Gasteiger partial charge in [0.15, 0.2) is 0 Å². The predicted octanol–water partition coefficient (Wildman–Crippen LogP) is 4.80. The van der Waals surface area contributed by atoms with Crippen LogP contribution in [0.1, 0.15) is 39.9 Å². The van der Waals surface area contributed by atoms with Crippen LogP contribution in [0.2, 0.25) is 0 Å². The zero-order valence-corrected chi connectivity index (χ0v) is 23.0. The number of carboxylic acid groups (broad SMARTS) is 1. The average Bonchev–Trinajstić information content (AvgIpc) is 3.54. The smallest absolute Gasteiger partial charge is 0.335 e. The first-order valence-electron chi connectivity index (χ1n) is 14.0. The standard InChI is InChI=1S/C31H27F2N5O5/c32-24-13-23(26-2-1-3-30(35-26)43-15-20-6-8-38(36-20)21-16-41-17-21)25(33)10-19(24)12-29-34-27-5-4-18(31(39)40)11-28(27)37(29)14-22-7-9-42-22/h1-6,8,10-11,13,21-22H,7,9,12,14-17H2,(H,39,40)/t22-/m0/s1. The van der Waals surface area contributed by atoms with Crippen LogP contribution in [0.5, 0.6) is 5.88 Å². The van der Waals surface area contributed by atoms with Gasteiger partial charge in [-0.1, -0.05) is 6.07 Å². The highest BCUT2D eigenvalue weighted by atomic mass is 19.1. The molecule has 2 saturated heterocycles. The molecule has 1 atom stereocenters. The molecule has 3 aromatic heterocycles. The van der Waals surface area contributed by atoms with E-state index in [1.807, 2.05) is 21.5 Å². The number of rotatable bonds is 10. The minimum Gasteiger partial charge on any atom is -0.478 e. The number of hydrogen-bond acceptors (Lipinski definition) is 7. The fourth-order valence-electron chi connectivity index (χ4n) is 5.19. The largest absolute Gasteiger partial charge is 0.478 e. The maximum Gasteiger partial charge on any atom is 0.335 e. The van der Waals surface area contributed by atoms with Gasteiger partial charge >= 0.3 is 5.97 Å². The van der Waals surface area contributed by atoms with Crippen molar-refractivity contribution in [3.63, 3.8) is 0 Å². The van der Waals surface area contributed by atoms with Crippen molar-refractivity contribution >= 4 is 17.0 Å². The van der Waals surface area contributed by atoms with E-state index in [1.165, 1.54) is 6.07 Å². The lowest BCUT2D eigenvalue weighted by atomic mass is 10.0. The minimum absolute atomic E-state index is 0.00302. The number of nitrogens with zero attached hydrogens (tertiary/aromatic N) is 5. The van der Waals surface area contributed by atoms with Gasteiger partial charge in [-0.3, -0.25) is 4.68 Å². The van der Waals surface area contributed by atoms with E-state index in [4.69, 9.17) is 14.2 Å². The normalized spacial score (nSPS) is 16.7. The summed E-state index contributed by atoms with van der Waals surface area (Å²) in [6.07, 6.45) is 2.67. The summed E-state index contributed by atoms with van der Waals surface area (Å²) in [5, 5.41) is 14.0. The fourth-order valence-corrected chi connectivity index (χ4v) is 5.19. The van der Waals surface area contributed by atoms with E-state index in [9.17, 15) is 9.90 Å². The third-order valence-electron chi connectivity index (χ3n) is 7.76. The van der Waals surface area contributed by atoms with Gasteiger partial charge in [0, 0.05) is 30.9 Å². The lowest BCUT2D eigenvalue weighted by molar-refractivity contribution is -0.0589. The molecule has 2 aliphatic rings. The van der Waals surface area contributed by atoms with Crippen molar-refractivity contribution in [1.29, 1.82) is 0 Å². The topological polar surface area (TPSA) is 114 Å². The van der Waals surface area contributed by atoms with E-state index < -0.39 is 17.6 Å². The van der Waals surface area contributed by atoms with E-state index >= 15 is 8.78 Å². The van der Waals surface area contributed by atoms with Crippen molar-refractivity contribution in [1.82, 2.24) is 24.3 Å². The number of aromatic nitrogens is 5. The quantitative estimate of drug-likeness (QED) is 0.248. The van der Waals surface area contributed by atoms with Crippen LogP contribution >= 0.6 is 0 Å². The van der Waals surface area contributed by atoms with Crippen LogP contribution in [0.15, 0.2) is 60.8 Å². The van der Waals surface area contributed by atoms with Gasteiger partial charge in [0.25, 0.3) is 0 Å². The molecule has 43 heavy (non-hydrogen) atoms. The fraction of sp³-hybridized carbons (Fsp3) is 0.290. The number of carbonyl (C=O) groups is 1. The van der Waals surface area contributed by atoms with E-state index in [1.54, 1.807) is 30.3 Å². The molecule has 0 amide bonds. The zero-order chi connectivity index (χ0) is 29.5. The Kier molecular flexibility index (Phi) is 7.07. The van der Waals surface area contributed by atoms with Gasteiger partial charge in [-0.15, -0.1) is 0 Å². The van der Waals surface area contributed by atoms with E-state index in [0.29, 0.717) is 43.2 Å². The third-order valence-corrected chi connectivity index (χ3v) is 7.76. The highest BCUT2D eigenvalue weighted by Crippen LogP contribution is 2.29. The third kappa shape index (κ3) is 5.46. The maximum absolute atomic E-state index is 15.5. The molecule has 0 aliphatic carbocycles. The summed E-state index contributed by atoms with van der Waals surface area (Å²) in [5.74, 6) is -1.56. The Balaban J connectivity index is 1.12. The van der Waals surface area contributed by atoms with Crippen LogP contribution in [0.4, 0.5) is 8.78 Å². The first-order chi connectivity index (χ1) is 20.9. The number of benzene rings is 2. The molecular formula is C31H27F2N5O5. The molecule has 0 bridgehead atoms. The summed E-state index contributed by atoms with van der Waals surface area (Å²) in [5.41, 5.74) is 2.36. The van der Waals surface area contributed by atoms with Crippen molar-refractivity contribution in [2.24, 2.45) is 0 Å². The first kappa shape index (κ1) is 27.2. The molecule has 0 radical (unpaired) electrons. The Hall–Kier alpha value is -4.68. The number of fused-ring (bicyclic) bond motifs is 1. The van der Waals surface area contributed by atoms with Crippen molar-refractivity contribution < 1.29 is 32.9 Å². The van der Waals surface area contributed by atoms with Crippen LogP contribution in [0, 0.1) is 11.6 Å². The van der Waals surface area contributed by atoms with Crippen LogP contribution in [0.25, 0.3) is 22.3 Å². The van der Waals surface area contributed by atoms with Crippen molar-refractivity contribution in [2.45, 2.75) is 38.1 Å². The van der Waals surface area contributed by atoms with Gasteiger partial charge in [0.05, 0.1) is 59.9 Å². The lowest BCUT2D eigenvalue weighted by Crippen LogP contribution is -2.31. The second kappa shape index (κ2) is 11.2. The van der Waals surface area contributed by atoms with Gasteiger partial charge in [0.2, 0.25) is 5.88 Å². The number of hydrogen-bond donors (Lipinski definition) is 1. The molecule has 1 N–H and O–H groups in total. The molecule has 0 saturated carbocycles. The monoisotopic (exact) mass is 587 g/mol. The van der Waals surface area contributed by atoms with Gasteiger partial charge in [-0.2, -0.15) is 5.10 Å². The number of carboxylic acids is 1. The van der Waals surface area contributed by atoms with Gasteiger partial charge in [-0.05, 0) is 54.4 Å². The van der Waals surface area contributed by atoms with Crippen LogP contribution in [-0.2, 0) is 29.0 Å². The molecule has 0 unspecified atom stereocenters. The Labute approximate surface area is 244 Å². The molecule has 2 fully saturated rings. The summed E-state index contributed by atoms with van der Waals surface area (Å²) < 4.78 is 51.2. The molecule has 12 heteroatoms. The zero-order valence-electron chi connectivity index (χ0n) is 23.0. The summed E-state index contributed by atoms with van der Waals surface area (Å²) >= 11 is 0. The van der Waals surface area contributed by atoms with E-state index in [0.717, 1.165) is 24.2 Å². The molecule has 2 aromatic carbocycles. The van der Waals surface area contributed by atoms with Crippen LogP contribution in [-0.4, -0.2) is 61.3 Å². The number of aromatic carboxylic acids is 1. The average molecular weight is 588 g/mol. The van der Waals surface area contributed by atoms with Crippen molar-refractivity contribution in [3.05, 3.63) is 95.1 Å². The van der Waals surface area contributed by atoms with E-state index in [-0.39, 0.29) is 53.4 Å². The van der Waals surface area contributed by atoms with Crippen molar-refractivity contribution in [3.8, 4) is 17.1 Å². The molecule has 0 spiro atoms. The summed E-state index contributed by atoms with van der Waals surface area (Å²) in [4.78, 5) is 20.6. The van der Waals surface area contributed by atoms with Crippen LogP contribution < -0.4 is 4.74 Å². The molecule has 2 aliphatic heterocycles. The number of halogens is 2. The second-order valence-electron chi connectivity index (χ2n) is 10.7. The maximum atomic E-state index is 15.5. The van der Waals surface area contributed by atoms with Crippen molar-refractivity contribution in [2.75, 3.05) is 19.8 Å². The molecule has 10 nitrogen and oxygen atoms in total. The molecule has 7 rings (SSSR count). The van der Waals surface area contributed by atoms with Gasteiger partial charge in [0.1, 0.15) is 24.1 Å². The highest BCUT2D eigenvalue weighted by Gasteiger charge is 2.24. The lowest BCUT2D eigenvalue weighted by Gasteiger charge is -2.27. The molecule has 5 heterocycles. The van der Waals surface area contributed by atoms with Gasteiger partial charge < -0.3 is 23.9 Å². The highest BCUT2D eigenvalue weighted by molar-refractivity contribution is 5.92. The number of ether oxygens (including phenoxy) is 3. The van der Waals surface area contributed by atoms with E-state index in [2.05, 4.69) is 15.1 Å². The Bertz CT molecular complexity index is 1830. The Morgan fingerprint density at radius 1 is 1.07 bits per heavy atom. The van der Waals surface area contributed by atoms with Gasteiger partial charge in [-0.25, -0.2) is 23.5 Å². The Morgan fingerprint density at radius 2 is 1.93 bits per heavy atom. The second-order valence-corrected chi connectivity index (χ2v) is 10.7. The Morgan fingerprint density at radius 3 is 2.67 bits per heavy atom. The summed E-state index contributed by atoms with van der Waals surface area (Å²) in [6.45, 7) is 2.52. The number of imidazole rings is 1. The minimum atomic E-state index is -1.06. The predicted molar refractivity (Wildman–Crippen MR) is 150 cm³/mol. The molecule has 5 aromatic rings. The molecular weight excluding hydrogens is 560 g/mol. The SMILES string of the molecule is O=C(O)c1ccc2nc(Cc3cc(F)c(-c4cccc(OCc5ccn(C6COC6)n5)n4)cc3F)n(C[C@@H]3CCO3)c2c1. The number of pyridine rings is 1. The van der Waals surface area contributed by atoms with Crippen LogP contribution in [0.3, 0.4) is 0 Å².